The number of amides is 1. The highest BCUT2D eigenvalue weighted by molar-refractivity contribution is 7.04. The number of carboxylic acid groups (broad SMARTS) is 1. The Kier molecular flexibility index (Phi) is 5.97. The lowest BCUT2D eigenvalue weighted by Gasteiger charge is -2.23. The molecule has 2 aromatic rings. The summed E-state index contributed by atoms with van der Waals surface area (Å²) in [6, 6.07) is 6.36. The summed E-state index contributed by atoms with van der Waals surface area (Å²) in [5, 5.41) is 20.1. The third-order valence-electron chi connectivity index (χ3n) is 3.86. The lowest BCUT2D eigenvalue weighted by Crippen LogP contribution is -2.20. The summed E-state index contributed by atoms with van der Waals surface area (Å²) < 4.78 is 2.52. The van der Waals surface area contributed by atoms with Crippen LogP contribution >= 0.6 is 11.5 Å². The summed E-state index contributed by atoms with van der Waals surface area (Å²) in [6.07, 6.45) is 1.36. The predicted octanol–water partition coefficient (Wildman–Crippen LogP) is 4.80. The highest BCUT2D eigenvalue weighted by Gasteiger charge is 2.24. The fraction of sp³-hybridized carbons (Fsp3) is 0.444. The number of benzene rings is 1. The summed E-state index contributed by atoms with van der Waals surface area (Å²) in [7, 11) is 0. The molecule has 0 atom stereocenters. The van der Waals surface area contributed by atoms with Crippen LogP contribution in [0.25, 0.3) is 11.3 Å². The lowest BCUT2D eigenvalue weighted by atomic mass is 10.0. The maximum atomic E-state index is 11.2. The Morgan fingerprint density at radius 1 is 1.31 bits per heavy atom. The molecule has 0 spiro atoms. The Hall–Kier alpha value is -2.48. The highest BCUT2D eigenvalue weighted by Crippen LogP contribution is 2.32. The molecular weight excluding hydrogens is 354 g/mol. The van der Waals surface area contributed by atoms with Crippen LogP contribution in [0.1, 0.15) is 46.1 Å². The van der Waals surface area contributed by atoms with Gasteiger partial charge in [0.15, 0.2) is 0 Å². The molecule has 0 radical (unpaired) electrons. The van der Waals surface area contributed by atoms with Crippen molar-refractivity contribution in [3.63, 3.8) is 0 Å². The topological polar surface area (TPSA) is 97.7 Å². The van der Waals surface area contributed by atoms with Crippen molar-refractivity contribution in [1.82, 2.24) is 3.96 Å². The van der Waals surface area contributed by atoms with E-state index in [-0.39, 0.29) is 11.2 Å². The molecule has 1 aromatic heterocycles. The number of hydrogen-bond donors (Lipinski definition) is 1. The average Bonchev–Trinajstić information content (AvgIpc) is 2.90. The summed E-state index contributed by atoms with van der Waals surface area (Å²) in [4.78, 5) is 25.5. The van der Waals surface area contributed by atoms with Crippen molar-refractivity contribution in [2.24, 2.45) is 4.99 Å². The van der Waals surface area contributed by atoms with E-state index in [9.17, 15) is 14.9 Å². The van der Waals surface area contributed by atoms with Gasteiger partial charge in [-0.1, -0.05) is 13.3 Å². The Labute approximate surface area is 155 Å². The van der Waals surface area contributed by atoms with Crippen LogP contribution in [-0.2, 0) is 12.0 Å². The number of hydrogen-bond acceptors (Lipinski definition) is 4. The Morgan fingerprint density at radius 3 is 2.38 bits per heavy atom. The van der Waals surface area contributed by atoms with E-state index in [2.05, 4.69) is 11.9 Å². The second kappa shape index (κ2) is 7.82. The molecule has 1 aromatic carbocycles. The second-order valence-corrected chi connectivity index (χ2v) is 7.93. The van der Waals surface area contributed by atoms with Crippen molar-refractivity contribution in [3.8, 4) is 11.3 Å². The van der Waals surface area contributed by atoms with Gasteiger partial charge in [-0.05, 0) is 62.8 Å². The van der Waals surface area contributed by atoms with Crippen molar-refractivity contribution in [1.29, 1.82) is 0 Å². The number of rotatable bonds is 5. The normalized spacial score (nSPS) is 12.4. The first-order valence-corrected chi connectivity index (χ1v) is 9.20. The SMILES string of the molecule is CCCCc1c(-c2ccc([N+](=O)[O-])cc2)n(C(C)(C)C)sc1=NC(=O)O. The van der Waals surface area contributed by atoms with Crippen molar-refractivity contribution < 1.29 is 14.8 Å². The predicted molar refractivity (Wildman–Crippen MR) is 102 cm³/mol. The number of non-ortho nitro benzene ring substituents is 1. The average molecular weight is 377 g/mol. The minimum absolute atomic E-state index is 0.0249. The summed E-state index contributed by atoms with van der Waals surface area (Å²) in [5.74, 6) is 0. The standard InChI is InChI=1S/C18H23N3O4S/c1-5-6-7-14-15(12-8-10-13(11-9-12)21(24)25)20(18(2,3)4)26-16(14)19-17(22)23/h8-11H,5-7H2,1-4H3,(H,22,23). The van der Waals surface area contributed by atoms with Crippen LogP contribution in [0.2, 0.25) is 0 Å². The molecule has 0 aliphatic rings. The van der Waals surface area contributed by atoms with Gasteiger partial charge in [-0.15, -0.1) is 0 Å². The van der Waals surface area contributed by atoms with E-state index < -0.39 is 11.0 Å². The third-order valence-corrected chi connectivity index (χ3v) is 5.29. The number of nitro benzene ring substituents is 1. The molecule has 8 heteroatoms. The Bertz CT molecular complexity index is 873. The van der Waals surface area contributed by atoms with Crippen LogP contribution in [0, 0.1) is 10.1 Å². The van der Waals surface area contributed by atoms with E-state index in [0.29, 0.717) is 11.1 Å². The molecule has 0 bridgehead atoms. The summed E-state index contributed by atoms with van der Waals surface area (Å²) in [5.41, 5.74) is 2.32. The van der Waals surface area contributed by atoms with Crippen molar-refractivity contribution in [3.05, 3.63) is 44.6 Å². The first-order valence-electron chi connectivity index (χ1n) is 8.43. The van der Waals surface area contributed by atoms with Gasteiger partial charge in [0.2, 0.25) is 0 Å². The van der Waals surface area contributed by atoms with Gasteiger partial charge in [-0.3, -0.25) is 14.1 Å². The molecule has 140 valence electrons. The van der Waals surface area contributed by atoms with Crippen LogP contribution in [0.15, 0.2) is 29.3 Å². The number of carbonyl (C=O) groups is 1. The number of nitro groups is 1. The first kappa shape index (κ1) is 19.8. The molecule has 26 heavy (non-hydrogen) atoms. The molecule has 0 aliphatic heterocycles. The van der Waals surface area contributed by atoms with E-state index in [4.69, 9.17) is 5.11 Å². The zero-order chi connectivity index (χ0) is 19.5. The second-order valence-electron chi connectivity index (χ2n) is 6.99. The molecule has 0 saturated carbocycles. The maximum absolute atomic E-state index is 11.2. The molecule has 7 nitrogen and oxygen atoms in total. The smallest absolute Gasteiger partial charge is 0.432 e. The van der Waals surface area contributed by atoms with E-state index >= 15 is 0 Å². The van der Waals surface area contributed by atoms with Crippen LogP contribution in [-0.4, -0.2) is 20.1 Å². The van der Waals surface area contributed by atoms with Crippen LogP contribution in [0.5, 0.6) is 0 Å². The Morgan fingerprint density at radius 2 is 1.92 bits per heavy atom. The molecule has 2 rings (SSSR count). The molecule has 1 heterocycles. The summed E-state index contributed by atoms with van der Waals surface area (Å²) >= 11 is 1.31. The fourth-order valence-electron chi connectivity index (χ4n) is 2.67. The van der Waals surface area contributed by atoms with E-state index in [1.165, 1.54) is 23.7 Å². The molecule has 0 unspecified atom stereocenters. The Balaban J connectivity index is 2.76. The molecule has 0 aliphatic carbocycles. The fourth-order valence-corrected chi connectivity index (χ4v) is 3.85. The highest BCUT2D eigenvalue weighted by atomic mass is 32.1. The van der Waals surface area contributed by atoms with Gasteiger partial charge in [0.25, 0.3) is 5.69 Å². The molecule has 0 saturated heterocycles. The summed E-state index contributed by atoms with van der Waals surface area (Å²) in [6.45, 7) is 8.18. The quantitative estimate of drug-likeness (QED) is 0.597. The van der Waals surface area contributed by atoms with Gasteiger partial charge in [-0.2, -0.15) is 4.99 Å². The zero-order valence-electron chi connectivity index (χ0n) is 15.4. The van der Waals surface area contributed by atoms with Crippen LogP contribution in [0.4, 0.5) is 10.5 Å². The van der Waals surface area contributed by atoms with Gasteiger partial charge in [0, 0.05) is 23.2 Å². The van der Waals surface area contributed by atoms with Gasteiger partial charge in [0.1, 0.15) is 4.67 Å². The first-order chi connectivity index (χ1) is 12.1. The van der Waals surface area contributed by atoms with Crippen molar-refractivity contribution in [2.75, 3.05) is 0 Å². The van der Waals surface area contributed by atoms with Gasteiger partial charge < -0.3 is 5.11 Å². The van der Waals surface area contributed by atoms with Crippen LogP contribution in [0.3, 0.4) is 0 Å². The van der Waals surface area contributed by atoms with E-state index in [0.717, 1.165) is 29.7 Å². The maximum Gasteiger partial charge on any atom is 0.432 e. The van der Waals surface area contributed by atoms with E-state index in [1.54, 1.807) is 12.1 Å². The molecular formula is C18H23N3O4S. The number of nitrogens with zero attached hydrogens (tertiary/aromatic N) is 3. The number of aromatic nitrogens is 1. The van der Waals surface area contributed by atoms with Gasteiger partial charge in [-0.25, -0.2) is 4.79 Å². The minimum atomic E-state index is -1.22. The third kappa shape index (κ3) is 4.37. The number of unbranched alkanes of at least 4 members (excludes halogenated alkanes) is 1. The van der Waals surface area contributed by atoms with Crippen molar-refractivity contribution >= 4 is 23.3 Å². The molecule has 1 N–H and O–H groups in total. The van der Waals surface area contributed by atoms with Crippen molar-refractivity contribution in [2.45, 2.75) is 52.5 Å². The van der Waals surface area contributed by atoms with Gasteiger partial charge >= 0.3 is 6.09 Å². The molecule has 1 amide bonds. The zero-order valence-corrected chi connectivity index (χ0v) is 16.2. The van der Waals surface area contributed by atoms with E-state index in [1.807, 2.05) is 24.7 Å². The van der Waals surface area contributed by atoms with Gasteiger partial charge in [0.05, 0.1) is 10.6 Å². The molecule has 0 fully saturated rings. The monoisotopic (exact) mass is 377 g/mol. The lowest BCUT2D eigenvalue weighted by molar-refractivity contribution is -0.384. The minimum Gasteiger partial charge on any atom is -0.463 e. The van der Waals surface area contributed by atoms with Crippen LogP contribution < -0.4 is 4.67 Å². The largest absolute Gasteiger partial charge is 0.463 e.